The SMILES string of the molecule is C=C(c1ccccc1)c1ccccc1.C=C(c1ccccc1)c1ccccc1.c1ccccc1. The Morgan fingerprint density at radius 2 is 0.412 bits per heavy atom. The summed E-state index contributed by atoms with van der Waals surface area (Å²) in [6.45, 7) is 8.19. The van der Waals surface area contributed by atoms with Crippen LogP contribution in [0.4, 0.5) is 0 Å². The van der Waals surface area contributed by atoms with Crippen LogP contribution in [0.2, 0.25) is 0 Å². The predicted octanol–water partition coefficient (Wildman–Crippen LogP) is 9.18. The van der Waals surface area contributed by atoms with Crippen molar-refractivity contribution in [2.75, 3.05) is 0 Å². The van der Waals surface area contributed by atoms with Gasteiger partial charge in [-0.25, -0.2) is 0 Å². The summed E-state index contributed by atoms with van der Waals surface area (Å²) in [6.07, 6.45) is 0. The number of rotatable bonds is 4. The van der Waals surface area contributed by atoms with Crippen molar-refractivity contribution in [2.45, 2.75) is 0 Å². The second-order valence-corrected chi connectivity index (χ2v) is 7.58. The van der Waals surface area contributed by atoms with Gasteiger partial charge in [-0.2, -0.15) is 0 Å². The van der Waals surface area contributed by atoms with Gasteiger partial charge < -0.3 is 0 Å². The van der Waals surface area contributed by atoms with Crippen LogP contribution in [-0.4, -0.2) is 0 Å². The lowest BCUT2D eigenvalue weighted by atomic mass is 10.0. The maximum absolute atomic E-state index is 4.10. The van der Waals surface area contributed by atoms with E-state index in [1.54, 1.807) is 0 Å². The molecule has 0 nitrogen and oxygen atoms in total. The van der Waals surface area contributed by atoms with Gasteiger partial charge in [0.15, 0.2) is 0 Å². The topological polar surface area (TPSA) is 0 Å². The highest BCUT2D eigenvalue weighted by atomic mass is 14.0. The summed E-state index contributed by atoms with van der Waals surface area (Å²) in [6, 6.07) is 52.9. The monoisotopic (exact) mass is 438 g/mol. The van der Waals surface area contributed by atoms with E-state index in [1.165, 1.54) is 22.3 Å². The summed E-state index contributed by atoms with van der Waals surface area (Å²) in [5.41, 5.74) is 6.87. The van der Waals surface area contributed by atoms with Crippen molar-refractivity contribution in [1.82, 2.24) is 0 Å². The first-order valence-electron chi connectivity index (χ1n) is 11.3. The van der Waals surface area contributed by atoms with Crippen molar-refractivity contribution in [3.05, 3.63) is 193 Å². The summed E-state index contributed by atoms with van der Waals surface area (Å²) in [5.74, 6) is 0. The minimum Gasteiger partial charge on any atom is -0.0906 e. The lowest BCUT2D eigenvalue weighted by molar-refractivity contribution is 1.56. The van der Waals surface area contributed by atoms with Crippen molar-refractivity contribution >= 4 is 11.1 Å². The molecule has 0 spiro atoms. The van der Waals surface area contributed by atoms with E-state index < -0.39 is 0 Å². The van der Waals surface area contributed by atoms with Gasteiger partial charge in [0, 0.05) is 0 Å². The zero-order valence-electron chi connectivity index (χ0n) is 19.4. The molecule has 0 aliphatic heterocycles. The lowest BCUT2D eigenvalue weighted by Crippen LogP contribution is -1.84. The van der Waals surface area contributed by atoms with E-state index in [9.17, 15) is 0 Å². The molecule has 0 aliphatic carbocycles. The quantitative estimate of drug-likeness (QED) is 0.262. The Balaban J connectivity index is 0.000000154. The van der Waals surface area contributed by atoms with Gasteiger partial charge in [0.25, 0.3) is 0 Å². The molecule has 0 saturated heterocycles. The molecule has 0 aliphatic rings. The third kappa shape index (κ3) is 7.93. The molecule has 0 aromatic heterocycles. The van der Waals surface area contributed by atoms with Crippen LogP contribution in [0.1, 0.15) is 22.3 Å². The largest absolute Gasteiger partial charge is 0.0906 e. The third-order valence-electron chi connectivity index (χ3n) is 5.16. The Bertz CT molecular complexity index is 1030. The summed E-state index contributed by atoms with van der Waals surface area (Å²) >= 11 is 0. The van der Waals surface area contributed by atoms with Gasteiger partial charge in [-0.1, -0.05) is 171 Å². The van der Waals surface area contributed by atoms with Crippen LogP contribution in [0.25, 0.3) is 11.1 Å². The van der Waals surface area contributed by atoms with E-state index in [2.05, 4.69) is 61.7 Å². The first-order chi connectivity index (χ1) is 16.8. The van der Waals surface area contributed by atoms with Crippen molar-refractivity contribution in [3.8, 4) is 0 Å². The number of hydrogen-bond acceptors (Lipinski definition) is 0. The highest BCUT2D eigenvalue weighted by molar-refractivity contribution is 5.78. The molecule has 0 N–H and O–H groups in total. The molecule has 0 amide bonds. The molecule has 0 heterocycles. The van der Waals surface area contributed by atoms with Crippen molar-refractivity contribution in [2.24, 2.45) is 0 Å². The van der Waals surface area contributed by atoms with Crippen LogP contribution in [0.3, 0.4) is 0 Å². The predicted molar refractivity (Wildman–Crippen MR) is 148 cm³/mol. The van der Waals surface area contributed by atoms with E-state index in [-0.39, 0.29) is 0 Å². The molecule has 0 atom stereocenters. The minimum absolute atomic E-state index is 1.08. The normalized spacial score (nSPS) is 9.41. The standard InChI is InChI=1S/2C14H12.C6H6/c2*1-12(13-8-4-2-5-9-13)14-10-6-3-7-11-14;1-2-4-6-5-3-1/h2*2-11H,1H2;1-6H. The van der Waals surface area contributed by atoms with Gasteiger partial charge in [0.2, 0.25) is 0 Å². The zero-order chi connectivity index (χ0) is 23.8. The summed E-state index contributed by atoms with van der Waals surface area (Å²) < 4.78 is 0. The number of benzene rings is 5. The van der Waals surface area contributed by atoms with E-state index >= 15 is 0 Å². The Morgan fingerprint density at radius 1 is 0.265 bits per heavy atom. The van der Waals surface area contributed by atoms with Gasteiger partial charge in [-0.3, -0.25) is 0 Å². The fraction of sp³-hybridized carbons (Fsp3) is 0. The lowest BCUT2D eigenvalue weighted by Gasteiger charge is -2.04. The molecular weight excluding hydrogens is 408 g/mol. The second-order valence-electron chi connectivity index (χ2n) is 7.58. The van der Waals surface area contributed by atoms with E-state index in [1.807, 2.05) is 109 Å². The highest BCUT2D eigenvalue weighted by Gasteiger charge is 2.00. The minimum atomic E-state index is 1.08. The molecule has 34 heavy (non-hydrogen) atoms. The average Bonchev–Trinajstić information content (AvgIpc) is 2.96. The zero-order valence-corrected chi connectivity index (χ0v) is 19.4. The van der Waals surface area contributed by atoms with Gasteiger partial charge in [0.1, 0.15) is 0 Å². The molecule has 0 radical (unpaired) electrons. The maximum Gasteiger partial charge on any atom is -0.0183 e. The fourth-order valence-electron chi connectivity index (χ4n) is 3.28. The third-order valence-corrected chi connectivity index (χ3v) is 5.16. The number of hydrogen-bond donors (Lipinski definition) is 0. The van der Waals surface area contributed by atoms with Gasteiger partial charge in [-0.05, 0) is 33.4 Å². The Labute approximate surface area is 204 Å². The van der Waals surface area contributed by atoms with Gasteiger partial charge in [-0.15, -0.1) is 0 Å². The van der Waals surface area contributed by atoms with E-state index in [0.29, 0.717) is 0 Å². The maximum atomic E-state index is 4.10. The molecule has 5 aromatic rings. The van der Waals surface area contributed by atoms with Gasteiger partial charge >= 0.3 is 0 Å². The summed E-state index contributed by atoms with van der Waals surface area (Å²) in [7, 11) is 0. The van der Waals surface area contributed by atoms with Crippen LogP contribution in [0.15, 0.2) is 171 Å². The smallest absolute Gasteiger partial charge is 0.0183 e. The highest BCUT2D eigenvalue weighted by Crippen LogP contribution is 2.21. The molecular formula is C34H30. The molecule has 0 bridgehead atoms. The first-order valence-corrected chi connectivity index (χ1v) is 11.3. The van der Waals surface area contributed by atoms with E-state index in [0.717, 1.165) is 11.1 Å². The molecule has 166 valence electrons. The van der Waals surface area contributed by atoms with Crippen molar-refractivity contribution < 1.29 is 0 Å². The van der Waals surface area contributed by atoms with Crippen LogP contribution >= 0.6 is 0 Å². The van der Waals surface area contributed by atoms with Crippen LogP contribution in [0, 0.1) is 0 Å². The summed E-state index contributed by atoms with van der Waals surface area (Å²) in [4.78, 5) is 0. The van der Waals surface area contributed by atoms with Crippen LogP contribution in [0.5, 0.6) is 0 Å². The molecule has 5 aromatic carbocycles. The first kappa shape index (κ1) is 24.2. The van der Waals surface area contributed by atoms with Crippen molar-refractivity contribution in [3.63, 3.8) is 0 Å². The average molecular weight is 439 g/mol. The Morgan fingerprint density at radius 3 is 0.588 bits per heavy atom. The molecule has 5 rings (SSSR count). The van der Waals surface area contributed by atoms with E-state index in [4.69, 9.17) is 0 Å². The van der Waals surface area contributed by atoms with Crippen LogP contribution < -0.4 is 0 Å². The van der Waals surface area contributed by atoms with Crippen LogP contribution in [-0.2, 0) is 0 Å². The molecule has 0 unspecified atom stereocenters. The fourth-order valence-corrected chi connectivity index (χ4v) is 3.28. The Kier molecular flexibility index (Phi) is 9.89. The Hall–Kier alpha value is -4.42. The second kappa shape index (κ2) is 13.9. The molecule has 0 heteroatoms. The van der Waals surface area contributed by atoms with Gasteiger partial charge in [0.05, 0.1) is 0 Å². The van der Waals surface area contributed by atoms with Crippen molar-refractivity contribution in [1.29, 1.82) is 0 Å². The summed E-state index contributed by atoms with van der Waals surface area (Å²) in [5, 5.41) is 0. The molecule has 0 saturated carbocycles. The molecule has 0 fully saturated rings.